The minimum absolute atomic E-state index is 0.184. The van der Waals surface area contributed by atoms with E-state index in [2.05, 4.69) is 9.97 Å². The molecule has 0 aromatic carbocycles. The fourth-order valence-corrected chi connectivity index (χ4v) is 3.10. The number of aliphatic carboxylic acids is 1. The Morgan fingerprint density at radius 2 is 2.42 bits per heavy atom. The molecule has 0 spiro atoms. The Kier molecular flexibility index (Phi) is 3.08. The summed E-state index contributed by atoms with van der Waals surface area (Å²) in [7, 11) is 0. The van der Waals surface area contributed by atoms with Gasteiger partial charge >= 0.3 is 5.97 Å². The van der Waals surface area contributed by atoms with Gasteiger partial charge in [-0.3, -0.25) is 0 Å². The van der Waals surface area contributed by atoms with Gasteiger partial charge in [-0.15, -0.1) is 11.3 Å². The van der Waals surface area contributed by atoms with Crippen LogP contribution in [0.25, 0.3) is 10.2 Å². The zero-order valence-electron chi connectivity index (χ0n) is 10.4. The predicted octanol–water partition coefficient (Wildman–Crippen LogP) is 1.29. The second-order valence-electron chi connectivity index (χ2n) is 4.40. The van der Waals surface area contributed by atoms with Crippen molar-refractivity contribution in [2.75, 3.05) is 24.7 Å². The number of aromatic nitrogens is 2. The molecule has 1 unspecified atom stereocenters. The maximum atomic E-state index is 11.3. The number of rotatable bonds is 2. The van der Waals surface area contributed by atoms with Crippen molar-refractivity contribution in [1.29, 1.82) is 0 Å². The molecule has 1 saturated heterocycles. The van der Waals surface area contributed by atoms with Crippen LogP contribution in [0.2, 0.25) is 0 Å². The van der Waals surface area contributed by atoms with Crippen LogP contribution in [0.3, 0.4) is 0 Å². The zero-order valence-corrected chi connectivity index (χ0v) is 11.2. The van der Waals surface area contributed by atoms with Crippen LogP contribution in [0.1, 0.15) is 4.88 Å². The van der Waals surface area contributed by atoms with Gasteiger partial charge in [0, 0.05) is 11.4 Å². The first-order chi connectivity index (χ1) is 9.16. The number of hydrogen-bond acceptors (Lipinski definition) is 6. The SMILES string of the molecule is Cc1cc2c(N3CCOCC3C(=O)O)ncnc2s1. The van der Waals surface area contributed by atoms with Gasteiger partial charge in [0.05, 0.1) is 18.6 Å². The Labute approximate surface area is 113 Å². The number of fused-ring (bicyclic) bond motifs is 1. The average Bonchev–Trinajstić information content (AvgIpc) is 2.78. The van der Waals surface area contributed by atoms with Crippen molar-refractivity contribution in [3.63, 3.8) is 0 Å². The van der Waals surface area contributed by atoms with Gasteiger partial charge in [0.15, 0.2) is 6.04 Å². The topological polar surface area (TPSA) is 75.5 Å². The first-order valence-electron chi connectivity index (χ1n) is 5.95. The lowest BCUT2D eigenvalue weighted by atomic mass is 10.2. The second-order valence-corrected chi connectivity index (χ2v) is 5.63. The van der Waals surface area contributed by atoms with E-state index >= 15 is 0 Å². The third kappa shape index (κ3) is 2.15. The Morgan fingerprint density at radius 1 is 1.58 bits per heavy atom. The van der Waals surface area contributed by atoms with Crippen molar-refractivity contribution < 1.29 is 14.6 Å². The molecule has 3 rings (SSSR count). The quantitative estimate of drug-likeness (QED) is 0.892. The lowest BCUT2D eigenvalue weighted by Crippen LogP contribution is -2.50. The number of hydrogen-bond donors (Lipinski definition) is 1. The fraction of sp³-hybridized carbons (Fsp3) is 0.417. The van der Waals surface area contributed by atoms with Crippen molar-refractivity contribution in [3.8, 4) is 0 Å². The number of aryl methyl sites for hydroxylation is 1. The monoisotopic (exact) mass is 279 g/mol. The van der Waals surface area contributed by atoms with E-state index < -0.39 is 12.0 Å². The first-order valence-corrected chi connectivity index (χ1v) is 6.77. The van der Waals surface area contributed by atoms with Crippen molar-refractivity contribution in [2.45, 2.75) is 13.0 Å². The Bertz CT molecular complexity index is 628. The Morgan fingerprint density at radius 3 is 3.21 bits per heavy atom. The molecule has 2 aromatic heterocycles. The van der Waals surface area contributed by atoms with Crippen molar-refractivity contribution in [3.05, 3.63) is 17.3 Å². The summed E-state index contributed by atoms with van der Waals surface area (Å²) in [6.45, 7) is 3.23. The molecular weight excluding hydrogens is 266 g/mol. The van der Waals surface area contributed by atoms with Crippen molar-refractivity contribution in [1.82, 2.24) is 9.97 Å². The van der Waals surface area contributed by atoms with Gasteiger partial charge in [-0.05, 0) is 13.0 Å². The molecule has 100 valence electrons. The standard InChI is InChI=1S/C12H13N3O3S/c1-7-4-8-10(13-6-14-11(8)19-7)15-2-3-18-5-9(15)12(16)17/h4,6,9H,2-3,5H2,1H3,(H,16,17). The molecule has 1 atom stereocenters. The third-order valence-corrected chi connectivity index (χ3v) is 4.08. The molecule has 3 heterocycles. The van der Waals surface area contributed by atoms with E-state index in [1.165, 1.54) is 6.33 Å². The highest BCUT2D eigenvalue weighted by atomic mass is 32.1. The normalized spacial score (nSPS) is 19.8. The highest BCUT2D eigenvalue weighted by molar-refractivity contribution is 7.18. The molecular formula is C12H13N3O3S. The van der Waals surface area contributed by atoms with E-state index in [1.54, 1.807) is 16.2 Å². The van der Waals surface area contributed by atoms with Crippen LogP contribution in [0.15, 0.2) is 12.4 Å². The number of carbonyl (C=O) groups is 1. The van der Waals surface area contributed by atoms with Crippen LogP contribution in [0.5, 0.6) is 0 Å². The van der Waals surface area contributed by atoms with Crippen LogP contribution in [0, 0.1) is 6.92 Å². The average molecular weight is 279 g/mol. The number of anilines is 1. The van der Waals surface area contributed by atoms with Crippen LogP contribution in [-0.2, 0) is 9.53 Å². The van der Waals surface area contributed by atoms with Gasteiger partial charge in [0.1, 0.15) is 17.0 Å². The van der Waals surface area contributed by atoms with E-state index in [0.29, 0.717) is 19.0 Å². The summed E-state index contributed by atoms with van der Waals surface area (Å²) < 4.78 is 5.25. The summed E-state index contributed by atoms with van der Waals surface area (Å²) in [6.07, 6.45) is 1.49. The van der Waals surface area contributed by atoms with E-state index in [1.807, 2.05) is 13.0 Å². The van der Waals surface area contributed by atoms with E-state index in [9.17, 15) is 9.90 Å². The molecule has 6 nitrogen and oxygen atoms in total. The highest BCUT2D eigenvalue weighted by Crippen LogP contribution is 2.31. The molecule has 0 aliphatic carbocycles. The third-order valence-electron chi connectivity index (χ3n) is 3.12. The largest absolute Gasteiger partial charge is 0.480 e. The molecule has 1 aliphatic heterocycles. The van der Waals surface area contributed by atoms with Crippen LogP contribution in [0.4, 0.5) is 5.82 Å². The summed E-state index contributed by atoms with van der Waals surface area (Å²) in [6, 6.07) is 1.32. The number of thiophene rings is 1. The fourth-order valence-electron chi connectivity index (χ4n) is 2.25. The zero-order chi connectivity index (χ0) is 13.4. The lowest BCUT2D eigenvalue weighted by molar-refractivity contribution is -0.141. The molecule has 19 heavy (non-hydrogen) atoms. The van der Waals surface area contributed by atoms with Gasteiger partial charge in [0.25, 0.3) is 0 Å². The summed E-state index contributed by atoms with van der Waals surface area (Å²) in [5.74, 6) is -0.205. The molecule has 0 amide bonds. The lowest BCUT2D eigenvalue weighted by Gasteiger charge is -2.33. The van der Waals surface area contributed by atoms with Crippen LogP contribution < -0.4 is 4.90 Å². The molecule has 0 radical (unpaired) electrons. The Balaban J connectivity index is 2.09. The van der Waals surface area contributed by atoms with Gasteiger partial charge in [-0.25, -0.2) is 14.8 Å². The van der Waals surface area contributed by atoms with E-state index in [0.717, 1.165) is 15.1 Å². The molecule has 7 heteroatoms. The summed E-state index contributed by atoms with van der Waals surface area (Å²) >= 11 is 1.58. The maximum absolute atomic E-state index is 11.3. The maximum Gasteiger partial charge on any atom is 0.328 e. The van der Waals surface area contributed by atoms with Gasteiger partial charge < -0.3 is 14.7 Å². The van der Waals surface area contributed by atoms with Gasteiger partial charge in [-0.2, -0.15) is 0 Å². The van der Waals surface area contributed by atoms with Gasteiger partial charge in [-0.1, -0.05) is 0 Å². The van der Waals surface area contributed by atoms with Gasteiger partial charge in [0.2, 0.25) is 0 Å². The number of morpholine rings is 1. The summed E-state index contributed by atoms with van der Waals surface area (Å²) in [4.78, 5) is 23.6. The summed E-state index contributed by atoms with van der Waals surface area (Å²) in [5, 5.41) is 10.2. The molecule has 1 N–H and O–H groups in total. The first kappa shape index (κ1) is 12.3. The van der Waals surface area contributed by atoms with Crippen LogP contribution in [-0.4, -0.2) is 46.8 Å². The highest BCUT2D eigenvalue weighted by Gasteiger charge is 2.31. The minimum Gasteiger partial charge on any atom is -0.480 e. The molecule has 0 saturated carbocycles. The summed E-state index contributed by atoms with van der Waals surface area (Å²) in [5.41, 5.74) is 0. The van der Waals surface area contributed by atoms with Crippen molar-refractivity contribution >= 4 is 33.3 Å². The number of carboxylic acid groups (broad SMARTS) is 1. The number of nitrogens with zero attached hydrogens (tertiary/aromatic N) is 3. The molecule has 2 aromatic rings. The van der Waals surface area contributed by atoms with Crippen molar-refractivity contribution in [2.24, 2.45) is 0 Å². The Hall–Kier alpha value is -1.73. The van der Waals surface area contributed by atoms with E-state index in [-0.39, 0.29) is 6.61 Å². The number of carboxylic acids is 1. The second kappa shape index (κ2) is 4.75. The minimum atomic E-state index is -0.890. The molecule has 1 fully saturated rings. The molecule has 1 aliphatic rings. The smallest absolute Gasteiger partial charge is 0.328 e. The predicted molar refractivity (Wildman–Crippen MR) is 71.7 cm³/mol. The number of ether oxygens (including phenoxy) is 1. The van der Waals surface area contributed by atoms with Crippen LogP contribution >= 0.6 is 11.3 Å². The molecule has 0 bridgehead atoms. The van der Waals surface area contributed by atoms with E-state index in [4.69, 9.17) is 4.74 Å².